The molecule has 1 unspecified atom stereocenters. The van der Waals surface area contributed by atoms with Crippen LogP contribution in [-0.2, 0) is 9.47 Å². The van der Waals surface area contributed by atoms with Gasteiger partial charge in [0.15, 0.2) is 0 Å². The van der Waals surface area contributed by atoms with Crippen LogP contribution in [0.3, 0.4) is 0 Å². The van der Waals surface area contributed by atoms with Crippen molar-refractivity contribution in [2.24, 2.45) is 0 Å². The third kappa shape index (κ3) is 2.45. The molecule has 1 atom stereocenters. The number of aliphatic hydroxyl groups excluding tert-OH is 1. The molecule has 1 rings (SSSR count). The fourth-order valence-electron chi connectivity index (χ4n) is 1.22. The maximum absolute atomic E-state index is 9.88. The number of allylic oxidation sites excluding steroid dienone is 1. The predicted octanol–water partition coefficient (Wildman–Crippen LogP) is 1.47. The van der Waals surface area contributed by atoms with Crippen molar-refractivity contribution in [3.05, 3.63) is 11.8 Å². The second kappa shape index (κ2) is 4.11. The van der Waals surface area contributed by atoms with Gasteiger partial charge in [0.1, 0.15) is 11.9 Å². The molecule has 0 saturated carbocycles. The average Bonchev–Trinajstić information content (AvgIpc) is 2.18. The molecule has 76 valence electrons. The number of hydrogen-bond donors (Lipinski definition) is 1. The molecule has 0 aromatic rings. The summed E-state index contributed by atoms with van der Waals surface area (Å²) in [5, 5.41) is 9.88. The van der Waals surface area contributed by atoms with Crippen LogP contribution in [0.1, 0.15) is 26.7 Å². The Bertz CT molecular complexity index is 196. The molecule has 0 radical (unpaired) electrons. The van der Waals surface area contributed by atoms with Gasteiger partial charge in [-0.1, -0.05) is 0 Å². The van der Waals surface area contributed by atoms with Crippen molar-refractivity contribution in [1.82, 2.24) is 0 Å². The zero-order chi connectivity index (χ0) is 9.90. The summed E-state index contributed by atoms with van der Waals surface area (Å²) in [5.41, 5.74) is -0.580. The lowest BCUT2D eigenvalue weighted by Crippen LogP contribution is -2.40. The van der Waals surface area contributed by atoms with Gasteiger partial charge in [0.05, 0.1) is 12.2 Å². The molecular weight excluding hydrogens is 168 g/mol. The monoisotopic (exact) mass is 186 g/mol. The fraction of sp³-hybridized carbons (Fsp3) is 0.800. The Balaban J connectivity index is 2.65. The first kappa shape index (κ1) is 10.5. The number of hydrogen-bond acceptors (Lipinski definition) is 3. The highest BCUT2D eigenvalue weighted by atomic mass is 16.5. The molecule has 0 amide bonds. The van der Waals surface area contributed by atoms with Gasteiger partial charge >= 0.3 is 0 Å². The van der Waals surface area contributed by atoms with E-state index < -0.39 is 11.7 Å². The molecule has 0 spiro atoms. The van der Waals surface area contributed by atoms with E-state index in [4.69, 9.17) is 9.47 Å². The molecule has 0 bridgehead atoms. The molecule has 3 nitrogen and oxygen atoms in total. The summed E-state index contributed by atoms with van der Waals surface area (Å²) >= 11 is 0. The molecule has 1 heterocycles. The van der Waals surface area contributed by atoms with Crippen molar-refractivity contribution < 1.29 is 14.6 Å². The van der Waals surface area contributed by atoms with Crippen LogP contribution in [0.15, 0.2) is 11.8 Å². The zero-order valence-electron chi connectivity index (χ0n) is 8.54. The first-order chi connectivity index (χ1) is 6.08. The summed E-state index contributed by atoms with van der Waals surface area (Å²) in [7, 11) is 1.59. The van der Waals surface area contributed by atoms with Crippen LogP contribution in [0.2, 0.25) is 0 Å². The van der Waals surface area contributed by atoms with Crippen LogP contribution in [0, 0.1) is 0 Å². The van der Waals surface area contributed by atoms with E-state index >= 15 is 0 Å². The van der Waals surface area contributed by atoms with Gasteiger partial charge < -0.3 is 14.6 Å². The summed E-state index contributed by atoms with van der Waals surface area (Å²) < 4.78 is 10.5. The Kier molecular flexibility index (Phi) is 3.33. The molecule has 0 aromatic heterocycles. The molecule has 0 aromatic carbocycles. The maximum Gasteiger partial charge on any atom is 0.139 e. The van der Waals surface area contributed by atoms with Crippen molar-refractivity contribution in [3.63, 3.8) is 0 Å². The molecule has 1 aliphatic heterocycles. The van der Waals surface area contributed by atoms with Crippen molar-refractivity contribution in [1.29, 1.82) is 0 Å². The lowest BCUT2D eigenvalue weighted by atomic mass is 9.98. The molecule has 3 heteroatoms. The lowest BCUT2D eigenvalue weighted by molar-refractivity contribution is -0.0826. The number of rotatable bonds is 3. The fourth-order valence-corrected chi connectivity index (χ4v) is 1.22. The second-order valence-electron chi connectivity index (χ2n) is 3.81. The molecule has 13 heavy (non-hydrogen) atoms. The van der Waals surface area contributed by atoms with E-state index in [9.17, 15) is 5.11 Å². The Labute approximate surface area is 79.3 Å². The van der Waals surface area contributed by atoms with E-state index in [0.29, 0.717) is 12.4 Å². The van der Waals surface area contributed by atoms with Crippen LogP contribution in [0.25, 0.3) is 0 Å². The van der Waals surface area contributed by atoms with E-state index in [1.54, 1.807) is 7.11 Å². The molecule has 0 saturated heterocycles. The molecule has 1 N–H and O–H groups in total. The van der Waals surface area contributed by atoms with Crippen LogP contribution in [0.5, 0.6) is 0 Å². The van der Waals surface area contributed by atoms with Crippen LogP contribution < -0.4 is 0 Å². The van der Waals surface area contributed by atoms with Crippen molar-refractivity contribution >= 4 is 0 Å². The summed E-state index contributed by atoms with van der Waals surface area (Å²) in [4.78, 5) is 0. The van der Waals surface area contributed by atoms with E-state index in [1.807, 2.05) is 19.9 Å². The van der Waals surface area contributed by atoms with Crippen molar-refractivity contribution in [2.75, 3.05) is 13.7 Å². The van der Waals surface area contributed by atoms with Crippen LogP contribution >= 0.6 is 0 Å². The predicted molar refractivity (Wildman–Crippen MR) is 50.4 cm³/mol. The van der Waals surface area contributed by atoms with Crippen molar-refractivity contribution in [3.8, 4) is 0 Å². The van der Waals surface area contributed by atoms with Crippen molar-refractivity contribution in [2.45, 2.75) is 38.4 Å². The summed E-state index contributed by atoms with van der Waals surface area (Å²) in [6.07, 6.45) is 3.28. The molecule has 0 aliphatic carbocycles. The van der Waals surface area contributed by atoms with E-state index in [0.717, 1.165) is 12.8 Å². The molecule has 0 fully saturated rings. The highest BCUT2D eigenvalue weighted by Gasteiger charge is 2.32. The zero-order valence-corrected chi connectivity index (χ0v) is 8.54. The highest BCUT2D eigenvalue weighted by molar-refractivity contribution is 5.07. The highest BCUT2D eigenvalue weighted by Crippen LogP contribution is 2.23. The third-order valence-electron chi connectivity index (χ3n) is 2.42. The summed E-state index contributed by atoms with van der Waals surface area (Å²) in [6.45, 7) is 4.38. The standard InChI is InChI=1S/C10H18O3/c1-10(2,12-3)9(11)8-6-4-5-7-13-8/h6,9,11H,4-5,7H2,1-3H3. The summed E-state index contributed by atoms with van der Waals surface area (Å²) in [6, 6.07) is 0. The van der Waals surface area contributed by atoms with E-state index in [1.165, 1.54) is 0 Å². The van der Waals surface area contributed by atoms with Crippen LogP contribution in [0.4, 0.5) is 0 Å². The smallest absolute Gasteiger partial charge is 0.139 e. The summed E-state index contributed by atoms with van der Waals surface area (Å²) in [5.74, 6) is 0.651. The van der Waals surface area contributed by atoms with E-state index in [2.05, 4.69) is 0 Å². The number of methoxy groups -OCH3 is 1. The minimum Gasteiger partial charge on any atom is -0.495 e. The SMILES string of the molecule is COC(C)(C)C(O)C1=CCCCO1. The normalized spacial score (nSPS) is 20.5. The molecular formula is C10H18O3. The van der Waals surface area contributed by atoms with Gasteiger partial charge in [-0.05, 0) is 32.8 Å². The van der Waals surface area contributed by atoms with Gasteiger partial charge in [-0.3, -0.25) is 0 Å². The number of aliphatic hydroxyl groups is 1. The Hall–Kier alpha value is -0.540. The van der Waals surface area contributed by atoms with Gasteiger partial charge in [-0.15, -0.1) is 0 Å². The average molecular weight is 186 g/mol. The maximum atomic E-state index is 9.88. The Morgan fingerprint density at radius 1 is 1.62 bits per heavy atom. The second-order valence-corrected chi connectivity index (χ2v) is 3.81. The van der Waals surface area contributed by atoms with Gasteiger partial charge in [0, 0.05) is 7.11 Å². The van der Waals surface area contributed by atoms with Gasteiger partial charge in [0.2, 0.25) is 0 Å². The first-order valence-electron chi connectivity index (χ1n) is 4.64. The lowest BCUT2D eigenvalue weighted by Gasteiger charge is -2.31. The minimum absolute atomic E-state index is 0.580. The first-order valence-corrected chi connectivity index (χ1v) is 4.64. The van der Waals surface area contributed by atoms with Gasteiger partial charge in [-0.25, -0.2) is 0 Å². The van der Waals surface area contributed by atoms with Crippen LogP contribution in [-0.4, -0.2) is 30.5 Å². The largest absolute Gasteiger partial charge is 0.495 e. The van der Waals surface area contributed by atoms with Gasteiger partial charge in [0.25, 0.3) is 0 Å². The van der Waals surface area contributed by atoms with E-state index in [-0.39, 0.29) is 0 Å². The molecule has 1 aliphatic rings. The number of ether oxygens (including phenoxy) is 2. The topological polar surface area (TPSA) is 38.7 Å². The minimum atomic E-state index is -0.669. The Morgan fingerprint density at radius 2 is 2.31 bits per heavy atom. The quantitative estimate of drug-likeness (QED) is 0.725. The van der Waals surface area contributed by atoms with Gasteiger partial charge in [-0.2, -0.15) is 0 Å². The third-order valence-corrected chi connectivity index (χ3v) is 2.42. The Morgan fingerprint density at radius 3 is 2.77 bits per heavy atom.